The Balaban J connectivity index is 1.93. The van der Waals surface area contributed by atoms with Gasteiger partial charge >= 0.3 is 0 Å². The van der Waals surface area contributed by atoms with Crippen LogP contribution in [0.4, 0.5) is 5.69 Å². The van der Waals surface area contributed by atoms with Crippen molar-refractivity contribution in [3.05, 3.63) is 28.8 Å². The Morgan fingerprint density at radius 3 is 2.55 bits per heavy atom. The molecule has 2 nitrogen and oxygen atoms in total. The normalized spacial score (nSPS) is 22.5. The molecular weight excluding hydrogens is 288 g/mol. The average Bonchev–Trinajstić information content (AvgIpc) is 2.46. The molecule has 1 fully saturated rings. The maximum atomic E-state index is 6.00. The van der Waals surface area contributed by atoms with Crippen molar-refractivity contribution < 1.29 is 0 Å². The molecule has 0 atom stereocenters. The van der Waals surface area contributed by atoms with Gasteiger partial charge < -0.3 is 11.1 Å². The highest BCUT2D eigenvalue weighted by atomic mass is 35.5. The van der Waals surface area contributed by atoms with Gasteiger partial charge in [-0.05, 0) is 42.9 Å². The van der Waals surface area contributed by atoms with E-state index in [2.05, 4.69) is 12.2 Å². The number of benzene rings is 1. The standard InChI is InChI=1S/C16H23ClN2S/c1-2-11-3-5-12(6-4-11)10-19-15-8-7-13(17)9-14(15)16(18)20/h7-9,11-12,19H,2-6,10H2,1H3,(H2,18,20). The van der Waals surface area contributed by atoms with E-state index < -0.39 is 0 Å². The van der Waals surface area contributed by atoms with Crippen LogP contribution in [0, 0.1) is 11.8 Å². The minimum absolute atomic E-state index is 0.393. The lowest BCUT2D eigenvalue weighted by atomic mass is 9.81. The summed E-state index contributed by atoms with van der Waals surface area (Å²) in [6, 6.07) is 5.67. The van der Waals surface area contributed by atoms with E-state index in [0.717, 1.165) is 29.6 Å². The van der Waals surface area contributed by atoms with Crippen LogP contribution in [0.3, 0.4) is 0 Å². The quantitative estimate of drug-likeness (QED) is 0.780. The van der Waals surface area contributed by atoms with Crippen LogP contribution in [0.1, 0.15) is 44.6 Å². The lowest BCUT2D eigenvalue weighted by molar-refractivity contribution is 0.278. The lowest BCUT2D eigenvalue weighted by Gasteiger charge is -2.28. The fourth-order valence-electron chi connectivity index (χ4n) is 2.97. The highest BCUT2D eigenvalue weighted by Gasteiger charge is 2.20. The van der Waals surface area contributed by atoms with Gasteiger partial charge in [0.25, 0.3) is 0 Å². The van der Waals surface area contributed by atoms with E-state index in [9.17, 15) is 0 Å². The lowest BCUT2D eigenvalue weighted by Crippen LogP contribution is -2.22. The summed E-state index contributed by atoms with van der Waals surface area (Å²) in [6.07, 6.45) is 6.70. The van der Waals surface area contributed by atoms with Crippen LogP contribution >= 0.6 is 23.8 Å². The molecule has 1 saturated carbocycles. The molecule has 1 aromatic rings. The number of hydrogen-bond acceptors (Lipinski definition) is 2. The molecule has 2 rings (SSSR count). The molecule has 3 N–H and O–H groups in total. The van der Waals surface area contributed by atoms with Crippen molar-refractivity contribution in [2.75, 3.05) is 11.9 Å². The van der Waals surface area contributed by atoms with Crippen molar-refractivity contribution in [1.82, 2.24) is 0 Å². The third kappa shape index (κ3) is 4.10. The molecule has 0 radical (unpaired) electrons. The predicted octanol–water partition coefficient (Wildman–Crippen LogP) is 4.60. The number of nitrogens with one attached hydrogen (secondary N) is 1. The van der Waals surface area contributed by atoms with E-state index in [1.165, 1.54) is 32.1 Å². The van der Waals surface area contributed by atoms with Gasteiger partial charge in [-0.2, -0.15) is 0 Å². The van der Waals surface area contributed by atoms with E-state index in [1.54, 1.807) is 0 Å². The maximum absolute atomic E-state index is 6.00. The third-order valence-electron chi connectivity index (χ3n) is 4.37. The molecule has 0 bridgehead atoms. The summed E-state index contributed by atoms with van der Waals surface area (Å²) < 4.78 is 0. The Labute approximate surface area is 132 Å². The monoisotopic (exact) mass is 310 g/mol. The van der Waals surface area contributed by atoms with Gasteiger partial charge in [0.05, 0.1) is 0 Å². The zero-order valence-electron chi connectivity index (χ0n) is 12.0. The second-order valence-electron chi connectivity index (χ2n) is 5.73. The van der Waals surface area contributed by atoms with Crippen molar-refractivity contribution in [2.24, 2.45) is 17.6 Å². The molecule has 0 heterocycles. The first-order chi connectivity index (χ1) is 9.60. The van der Waals surface area contributed by atoms with Crippen LogP contribution in [0.2, 0.25) is 5.02 Å². The predicted molar refractivity (Wildman–Crippen MR) is 91.6 cm³/mol. The molecule has 0 amide bonds. The summed E-state index contributed by atoms with van der Waals surface area (Å²) in [7, 11) is 0. The summed E-state index contributed by atoms with van der Waals surface area (Å²) >= 11 is 11.1. The van der Waals surface area contributed by atoms with Gasteiger partial charge in [-0.1, -0.05) is 50.0 Å². The van der Waals surface area contributed by atoms with Gasteiger partial charge in [-0.15, -0.1) is 0 Å². The van der Waals surface area contributed by atoms with Crippen molar-refractivity contribution in [1.29, 1.82) is 0 Å². The van der Waals surface area contributed by atoms with Gasteiger partial charge in [0, 0.05) is 22.8 Å². The maximum Gasteiger partial charge on any atom is 0.106 e. The molecule has 0 aliphatic heterocycles. The Kier molecular flexibility index (Phi) is 5.67. The fourth-order valence-corrected chi connectivity index (χ4v) is 3.31. The van der Waals surface area contributed by atoms with Crippen molar-refractivity contribution in [3.63, 3.8) is 0 Å². The first kappa shape index (κ1) is 15.6. The largest absolute Gasteiger partial charge is 0.389 e. The van der Waals surface area contributed by atoms with Crippen molar-refractivity contribution >= 4 is 34.5 Å². The van der Waals surface area contributed by atoms with Crippen LogP contribution < -0.4 is 11.1 Å². The Morgan fingerprint density at radius 2 is 1.95 bits per heavy atom. The number of hydrogen-bond donors (Lipinski definition) is 2. The van der Waals surface area contributed by atoms with Gasteiger partial charge in [0.2, 0.25) is 0 Å². The van der Waals surface area contributed by atoms with E-state index in [4.69, 9.17) is 29.6 Å². The van der Waals surface area contributed by atoms with E-state index in [0.29, 0.717) is 10.0 Å². The highest BCUT2D eigenvalue weighted by Crippen LogP contribution is 2.31. The van der Waals surface area contributed by atoms with E-state index in [-0.39, 0.29) is 0 Å². The number of anilines is 1. The Hall–Kier alpha value is -0.800. The number of halogens is 1. The van der Waals surface area contributed by atoms with Gasteiger partial charge in [0.1, 0.15) is 4.99 Å². The zero-order chi connectivity index (χ0) is 14.5. The van der Waals surface area contributed by atoms with Gasteiger partial charge in [-0.3, -0.25) is 0 Å². The molecule has 4 heteroatoms. The SMILES string of the molecule is CCC1CCC(CNc2ccc(Cl)cc2C(N)=S)CC1. The molecule has 0 unspecified atom stereocenters. The van der Waals surface area contributed by atoms with Crippen LogP contribution in [0.25, 0.3) is 0 Å². The Morgan fingerprint density at radius 1 is 1.30 bits per heavy atom. The first-order valence-corrected chi connectivity index (χ1v) is 8.22. The molecule has 1 aromatic carbocycles. The summed E-state index contributed by atoms with van der Waals surface area (Å²) in [5.41, 5.74) is 7.60. The Bertz CT molecular complexity index is 468. The molecule has 20 heavy (non-hydrogen) atoms. The van der Waals surface area contributed by atoms with Crippen LogP contribution in [-0.2, 0) is 0 Å². The number of rotatable bonds is 5. The smallest absolute Gasteiger partial charge is 0.106 e. The van der Waals surface area contributed by atoms with Gasteiger partial charge in [-0.25, -0.2) is 0 Å². The summed E-state index contributed by atoms with van der Waals surface area (Å²) in [5.74, 6) is 1.70. The topological polar surface area (TPSA) is 38.0 Å². The molecular formula is C16H23ClN2S. The second kappa shape index (κ2) is 7.28. The average molecular weight is 311 g/mol. The molecule has 0 aromatic heterocycles. The number of nitrogens with two attached hydrogens (primary N) is 1. The van der Waals surface area contributed by atoms with Crippen LogP contribution in [0.5, 0.6) is 0 Å². The van der Waals surface area contributed by atoms with Crippen molar-refractivity contribution in [2.45, 2.75) is 39.0 Å². The molecule has 110 valence electrons. The first-order valence-electron chi connectivity index (χ1n) is 7.43. The molecule has 1 aliphatic carbocycles. The van der Waals surface area contributed by atoms with E-state index in [1.807, 2.05) is 18.2 Å². The van der Waals surface area contributed by atoms with Crippen molar-refractivity contribution in [3.8, 4) is 0 Å². The molecule has 0 spiro atoms. The third-order valence-corrected chi connectivity index (χ3v) is 4.83. The molecule has 1 aliphatic rings. The zero-order valence-corrected chi connectivity index (χ0v) is 13.6. The minimum atomic E-state index is 0.393. The summed E-state index contributed by atoms with van der Waals surface area (Å²) in [4.78, 5) is 0.393. The van der Waals surface area contributed by atoms with Crippen LogP contribution in [-0.4, -0.2) is 11.5 Å². The number of thiocarbonyl (C=S) groups is 1. The van der Waals surface area contributed by atoms with Gasteiger partial charge in [0.15, 0.2) is 0 Å². The highest BCUT2D eigenvalue weighted by molar-refractivity contribution is 7.80. The summed E-state index contributed by atoms with van der Waals surface area (Å²) in [5, 5.41) is 4.17. The summed E-state index contributed by atoms with van der Waals surface area (Å²) in [6.45, 7) is 3.29. The minimum Gasteiger partial charge on any atom is -0.389 e. The molecule has 0 saturated heterocycles. The van der Waals surface area contributed by atoms with Crippen LogP contribution in [0.15, 0.2) is 18.2 Å². The second-order valence-corrected chi connectivity index (χ2v) is 6.61. The van der Waals surface area contributed by atoms with E-state index >= 15 is 0 Å². The fraction of sp³-hybridized carbons (Fsp3) is 0.562.